The highest BCUT2D eigenvalue weighted by atomic mass is 32.2. The van der Waals surface area contributed by atoms with Crippen LogP contribution in [0, 0.1) is 6.92 Å². The number of aromatic nitrogens is 4. The number of alkyl halides is 3. The zero-order valence-corrected chi connectivity index (χ0v) is 19.1. The van der Waals surface area contributed by atoms with Crippen LogP contribution in [0.1, 0.15) is 44.7 Å². The maximum absolute atomic E-state index is 13.3. The van der Waals surface area contributed by atoms with Crippen LogP contribution < -0.4 is 10.0 Å². The van der Waals surface area contributed by atoms with Crippen LogP contribution in [0.3, 0.4) is 0 Å². The van der Waals surface area contributed by atoms with Crippen molar-refractivity contribution < 1.29 is 26.9 Å². The van der Waals surface area contributed by atoms with Gasteiger partial charge in [-0.2, -0.15) is 13.2 Å². The Morgan fingerprint density at radius 1 is 1.28 bits per heavy atom. The first-order valence-corrected chi connectivity index (χ1v) is 11.6. The van der Waals surface area contributed by atoms with E-state index in [2.05, 4.69) is 25.3 Å². The van der Waals surface area contributed by atoms with Gasteiger partial charge in [0.1, 0.15) is 11.0 Å². The van der Waals surface area contributed by atoms with Gasteiger partial charge in [0.25, 0.3) is 0 Å². The average Bonchev–Trinajstić information content (AvgIpc) is 3.05. The highest BCUT2D eigenvalue weighted by Crippen LogP contribution is 2.29. The Hall–Kier alpha value is -2.70. The number of amides is 1. The molecule has 2 heterocycles. The minimum atomic E-state index is -4.67. The van der Waals surface area contributed by atoms with Crippen LogP contribution in [0.15, 0.2) is 12.1 Å². The minimum Gasteiger partial charge on any atom is -0.436 e. The smallest absolute Gasteiger partial charge is 0.425 e. The van der Waals surface area contributed by atoms with Gasteiger partial charge in [-0.05, 0) is 31.9 Å². The Morgan fingerprint density at radius 3 is 2.59 bits per heavy atom. The number of hydrogen-bond acceptors (Lipinski definition) is 6. The summed E-state index contributed by atoms with van der Waals surface area (Å²) in [5.74, 6) is 0.0357. The first-order valence-electron chi connectivity index (χ1n) is 10.0. The van der Waals surface area contributed by atoms with Crippen LogP contribution in [0.4, 0.5) is 29.5 Å². The van der Waals surface area contributed by atoms with Crippen LogP contribution in [0.5, 0.6) is 0 Å². The summed E-state index contributed by atoms with van der Waals surface area (Å²) >= 11 is 0. The summed E-state index contributed by atoms with van der Waals surface area (Å²) in [6, 6.07) is 3.20. The van der Waals surface area contributed by atoms with Crippen molar-refractivity contribution in [3.05, 3.63) is 17.8 Å². The van der Waals surface area contributed by atoms with Crippen molar-refractivity contribution in [1.82, 2.24) is 20.0 Å². The fraction of sp³-hybridized carbons (Fsp3) is 0.579. The molecular formula is C19H27F3N6O3S. The lowest BCUT2D eigenvalue weighted by atomic mass is 10.1. The van der Waals surface area contributed by atoms with E-state index in [1.165, 1.54) is 18.0 Å². The summed E-state index contributed by atoms with van der Waals surface area (Å²) in [6.45, 7) is 3.64. The van der Waals surface area contributed by atoms with Gasteiger partial charge in [0.05, 0.1) is 17.1 Å². The number of rotatable bonds is 10. The van der Waals surface area contributed by atoms with Gasteiger partial charge < -0.3 is 9.46 Å². The number of ether oxygens (including phenoxy) is 1. The Morgan fingerprint density at radius 2 is 2.00 bits per heavy atom. The molecule has 0 aliphatic rings. The van der Waals surface area contributed by atoms with Gasteiger partial charge >= 0.3 is 12.3 Å². The summed E-state index contributed by atoms with van der Waals surface area (Å²) < 4.78 is 59.9. The van der Waals surface area contributed by atoms with E-state index in [1.807, 2.05) is 6.92 Å². The normalized spacial score (nSPS) is 13.5. The number of anilines is 2. The summed E-state index contributed by atoms with van der Waals surface area (Å²) in [5.41, 5.74) is 1.54. The molecule has 2 N–H and O–H groups in total. The second kappa shape index (κ2) is 11.2. The second-order valence-corrected chi connectivity index (χ2v) is 8.32. The average molecular weight is 477 g/mol. The van der Waals surface area contributed by atoms with Crippen molar-refractivity contribution in [3.63, 3.8) is 0 Å². The molecule has 2 aromatic heterocycles. The molecule has 0 spiro atoms. The molecule has 178 valence electrons. The van der Waals surface area contributed by atoms with E-state index in [4.69, 9.17) is 4.74 Å². The van der Waals surface area contributed by atoms with Crippen LogP contribution >= 0.6 is 0 Å². The maximum Gasteiger partial charge on any atom is 0.425 e. The molecular weight excluding hydrogens is 449 g/mol. The Labute approximate surface area is 186 Å². The highest BCUT2D eigenvalue weighted by molar-refractivity contribution is 7.85. The predicted molar refractivity (Wildman–Crippen MR) is 115 cm³/mol. The molecule has 1 amide bonds. The first kappa shape index (κ1) is 25.6. The number of nitrogens with one attached hydrogen (secondary N) is 2. The largest absolute Gasteiger partial charge is 0.436 e. The molecule has 0 aromatic carbocycles. The van der Waals surface area contributed by atoms with E-state index < -0.39 is 29.4 Å². The third kappa shape index (κ3) is 7.18. The van der Waals surface area contributed by atoms with Crippen molar-refractivity contribution in [1.29, 1.82) is 0 Å². The summed E-state index contributed by atoms with van der Waals surface area (Å²) in [7, 11) is 0.182. The van der Waals surface area contributed by atoms with Gasteiger partial charge in [-0.15, -0.1) is 5.10 Å². The fourth-order valence-corrected chi connectivity index (χ4v) is 3.45. The van der Waals surface area contributed by atoms with Crippen molar-refractivity contribution >= 4 is 28.6 Å². The molecule has 2 rings (SSSR count). The van der Waals surface area contributed by atoms with Gasteiger partial charge in [0.15, 0.2) is 17.6 Å². The molecule has 2 atom stereocenters. The third-order valence-corrected chi connectivity index (χ3v) is 5.07. The second-order valence-electron chi connectivity index (χ2n) is 7.21. The number of aryl methyl sites for hydroxylation is 2. The first-order chi connectivity index (χ1) is 15.0. The number of unbranched alkanes of at least 4 members (excludes halogenated alkanes) is 3. The zero-order chi connectivity index (χ0) is 23.9. The summed E-state index contributed by atoms with van der Waals surface area (Å²) in [6.07, 6.45) is -4.33. The zero-order valence-electron chi connectivity index (χ0n) is 18.3. The van der Waals surface area contributed by atoms with Crippen LogP contribution in [0.25, 0.3) is 11.4 Å². The standard InChI is InChI=1S/C19H27F3N6O3S/c1-5-6-7-8-9-15(19(20,21)22)31-18(29)24-17-16(25-27-28(17)3)14-11-10-13(12(2)23-14)26-32(4)30/h10-11,15,26H,5-9H2,1-4H3,(H,24,29)/t15-,32?/m0/s1. The lowest BCUT2D eigenvalue weighted by Crippen LogP contribution is -2.35. The molecule has 9 nitrogen and oxygen atoms in total. The van der Waals surface area contributed by atoms with Gasteiger partial charge in [-0.1, -0.05) is 31.4 Å². The number of carbonyl (C=O) groups is 1. The SMILES string of the molecule is CCCCCC[C@H](OC(=O)Nc1c(-c2ccc(NS(C)=O)c(C)n2)nnn1C)C(F)(F)F. The molecule has 0 saturated heterocycles. The maximum atomic E-state index is 13.3. The van der Waals surface area contributed by atoms with Gasteiger partial charge in [0, 0.05) is 13.3 Å². The number of hydrogen-bond donors (Lipinski definition) is 2. The van der Waals surface area contributed by atoms with Crippen molar-refractivity contribution in [2.24, 2.45) is 7.05 Å². The number of carbonyl (C=O) groups excluding carboxylic acids is 1. The van der Waals surface area contributed by atoms with E-state index in [0.29, 0.717) is 29.9 Å². The molecule has 2 aromatic rings. The quantitative estimate of drug-likeness (QED) is 0.494. The van der Waals surface area contributed by atoms with E-state index in [1.54, 1.807) is 19.1 Å². The molecule has 0 fully saturated rings. The summed E-state index contributed by atoms with van der Waals surface area (Å²) in [5, 5.41) is 10.1. The van der Waals surface area contributed by atoms with Gasteiger partial charge in [-0.3, -0.25) is 5.32 Å². The topological polar surface area (TPSA) is 111 Å². The lowest BCUT2D eigenvalue weighted by molar-refractivity contribution is -0.204. The number of nitrogens with zero attached hydrogens (tertiary/aromatic N) is 4. The van der Waals surface area contributed by atoms with Crippen molar-refractivity contribution in [2.45, 2.75) is 58.2 Å². The monoisotopic (exact) mass is 476 g/mol. The van der Waals surface area contributed by atoms with E-state index >= 15 is 0 Å². The lowest BCUT2D eigenvalue weighted by Gasteiger charge is -2.21. The Bertz CT molecular complexity index is 951. The number of pyridine rings is 1. The van der Waals surface area contributed by atoms with Crippen LogP contribution in [-0.2, 0) is 22.8 Å². The highest BCUT2D eigenvalue weighted by Gasteiger charge is 2.42. The Kier molecular flexibility index (Phi) is 8.99. The van der Waals surface area contributed by atoms with Crippen molar-refractivity contribution in [2.75, 3.05) is 16.3 Å². The predicted octanol–water partition coefficient (Wildman–Crippen LogP) is 4.34. The van der Waals surface area contributed by atoms with Gasteiger partial charge in [-0.25, -0.2) is 18.7 Å². The van der Waals surface area contributed by atoms with Crippen molar-refractivity contribution in [3.8, 4) is 11.4 Å². The molecule has 1 unspecified atom stereocenters. The molecule has 0 radical (unpaired) electrons. The summed E-state index contributed by atoms with van der Waals surface area (Å²) in [4.78, 5) is 16.6. The Balaban J connectivity index is 2.16. The van der Waals surface area contributed by atoms with Crippen LogP contribution in [0.2, 0.25) is 0 Å². The van der Waals surface area contributed by atoms with Gasteiger partial charge in [0.2, 0.25) is 0 Å². The molecule has 0 aliphatic carbocycles. The van der Waals surface area contributed by atoms with E-state index in [9.17, 15) is 22.2 Å². The molecule has 0 aliphatic heterocycles. The van der Waals surface area contributed by atoms with Crippen LogP contribution in [-0.4, -0.2) is 48.8 Å². The molecule has 32 heavy (non-hydrogen) atoms. The molecule has 0 bridgehead atoms. The number of halogens is 3. The third-order valence-electron chi connectivity index (χ3n) is 4.56. The fourth-order valence-electron chi connectivity index (χ4n) is 2.93. The van der Waals surface area contributed by atoms with E-state index in [0.717, 1.165) is 12.8 Å². The molecule has 13 heteroatoms. The molecule has 0 saturated carbocycles. The van der Waals surface area contributed by atoms with E-state index in [-0.39, 0.29) is 17.9 Å². The minimum absolute atomic E-state index is 0.0357.